The van der Waals surface area contributed by atoms with Crippen LogP contribution in [0.15, 0.2) is 12.7 Å². The highest BCUT2D eigenvalue weighted by Gasteiger charge is 1.92. The third-order valence-corrected chi connectivity index (χ3v) is 0.943. The minimum atomic E-state index is -0.123. The zero-order chi connectivity index (χ0) is 7.82. The van der Waals surface area contributed by atoms with Crippen molar-refractivity contribution in [3.63, 3.8) is 0 Å². The van der Waals surface area contributed by atoms with Gasteiger partial charge in [-0.1, -0.05) is 13.0 Å². The fourth-order valence-corrected chi connectivity index (χ4v) is 0.466. The van der Waals surface area contributed by atoms with Crippen molar-refractivity contribution in [2.75, 3.05) is 13.1 Å². The zero-order valence-corrected chi connectivity index (χ0v) is 6.31. The highest BCUT2D eigenvalue weighted by atomic mass is 16.2. The van der Waals surface area contributed by atoms with Gasteiger partial charge in [-0.25, -0.2) is 4.79 Å². The first-order chi connectivity index (χ1) is 4.81. The van der Waals surface area contributed by atoms with Gasteiger partial charge in [-0.2, -0.15) is 0 Å². The molecule has 2 N–H and O–H groups in total. The number of hydrogen-bond donors (Lipinski definition) is 2. The quantitative estimate of drug-likeness (QED) is 0.562. The van der Waals surface area contributed by atoms with Gasteiger partial charge in [-0.05, 0) is 6.42 Å². The number of carbonyl (C=O) groups is 1. The molecule has 0 aliphatic rings. The first kappa shape index (κ1) is 9.01. The first-order valence-electron chi connectivity index (χ1n) is 3.43. The van der Waals surface area contributed by atoms with Gasteiger partial charge in [0.2, 0.25) is 0 Å². The van der Waals surface area contributed by atoms with Crippen molar-refractivity contribution < 1.29 is 4.79 Å². The van der Waals surface area contributed by atoms with Crippen LogP contribution in [0.2, 0.25) is 0 Å². The highest BCUT2D eigenvalue weighted by Crippen LogP contribution is 1.70. The van der Waals surface area contributed by atoms with Gasteiger partial charge in [0.1, 0.15) is 0 Å². The minimum absolute atomic E-state index is 0.123. The molecule has 0 heterocycles. The lowest BCUT2D eigenvalue weighted by Crippen LogP contribution is -2.35. The largest absolute Gasteiger partial charge is 0.338 e. The van der Waals surface area contributed by atoms with Crippen LogP contribution in [0.3, 0.4) is 0 Å². The Hall–Kier alpha value is -0.990. The molecule has 0 unspecified atom stereocenters. The van der Waals surface area contributed by atoms with E-state index in [0.717, 1.165) is 13.0 Å². The van der Waals surface area contributed by atoms with Crippen LogP contribution in [-0.4, -0.2) is 19.1 Å². The highest BCUT2D eigenvalue weighted by molar-refractivity contribution is 5.73. The van der Waals surface area contributed by atoms with Crippen molar-refractivity contribution in [3.8, 4) is 0 Å². The summed E-state index contributed by atoms with van der Waals surface area (Å²) < 4.78 is 0. The lowest BCUT2D eigenvalue weighted by molar-refractivity contribution is 0.242. The van der Waals surface area contributed by atoms with Crippen LogP contribution in [-0.2, 0) is 0 Å². The molecule has 0 aliphatic heterocycles. The SMILES string of the molecule is C=CCNC(=O)NCCC. The smallest absolute Gasteiger partial charge is 0.315 e. The van der Waals surface area contributed by atoms with Gasteiger partial charge in [0.15, 0.2) is 0 Å². The predicted molar refractivity (Wildman–Crippen MR) is 41.9 cm³/mol. The summed E-state index contributed by atoms with van der Waals surface area (Å²) in [7, 11) is 0. The van der Waals surface area contributed by atoms with Gasteiger partial charge in [-0.3, -0.25) is 0 Å². The maximum absolute atomic E-state index is 10.7. The summed E-state index contributed by atoms with van der Waals surface area (Å²) in [5, 5.41) is 5.27. The molecule has 0 fully saturated rings. The number of hydrogen-bond acceptors (Lipinski definition) is 1. The van der Waals surface area contributed by atoms with Crippen molar-refractivity contribution in [1.29, 1.82) is 0 Å². The number of rotatable bonds is 4. The Kier molecular flexibility index (Phi) is 5.53. The van der Waals surface area contributed by atoms with Crippen LogP contribution in [0.5, 0.6) is 0 Å². The summed E-state index contributed by atoms with van der Waals surface area (Å²) in [4.78, 5) is 10.7. The summed E-state index contributed by atoms with van der Waals surface area (Å²) in [5.41, 5.74) is 0. The Balaban J connectivity index is 3.16. The lowest BCUT2D eigenvalue weighted by Gasteiger charge is -2.02. The summed E-state index contributed by atoms with van der Waals surface area (Å²) in [5.74, 6) is 0. The second kappa shape index (κ2) is 6.13. The van der Waals surface area contributed by atoms with E-state index in [1.54, 1.807) is 6.08 Å². The van der Waals surface area contributed by atoms with E-state index in [0.29, 0.717) is 6.54 Å². The van der Waals surface area contributed by atoms with E-state index >= 15 is 0 Å². The molecule has 0 aromatic carbocycles. The maximum atomic E-state index is 10.7. The van der Waals surface area contributed by atoms with Crippen LogP contribution in [0, 0.1) is 0 Å². The molecular formula is C7H14N2O. The van der Waals surface area contributed by atoms with E-state index < -0.39 is 0 Å². The number of carbonyl (C=O) groups excluding carboxylic acids is 1. The van der Waals surface area contributed by atoms with E-state index in [4.69, 9.17) is 0 Å². The van der Waals surface area contributed by atoms with Crippen LogP contribution >= 0.6 is 0 Å². The Labute approximate surface area is 61.5 Å². The van der Waals surface area contributed by atoms with Crippen molar-refractivity contribution in [2.45, 2.75) is 13.3 Å². The molecule has 0 rings (SSSR count). The van der Waals surface area contributed by atoms with E-state index in [9.17, 15) is 4.79 Å². The van der Waals surface area contributed by atoms with Gasteiger partial charge < -0.3 is 10.6 Å². The standard InChI is InChI=1S/C7H14N2O/c1-3-5-8-7(10)9-6-4-2/h3H,1,4-6H2,2H3,(H2,8,9,10). The van der Waals surface area contributed by atoms with E-state index in [1.165, 1.54) is 0 Å². The number of urea groups is 1. The topological polar surface area (TPSA) is 41.1 Å². The summed E-state index contributed by atoms with van der Waals surface area (Å²) in [6.07, 6.45) is 2.60. The van der Waals surface area contributed by atoms with Gasteiger partial charge in [0.25, 0.3) is 0 Å². The molecule has 0 atom stereocenters. The van der Waals surface area contributed by atoms with Crippen LogP contribution < -0.4 is 10.6 Å². The molecular weight excluding hydrogens is 128 g/mol. The molecule has 3 nitrogen and oxygen atoms in total. The second-order valence-corrected chi connectivity index (χ2v) is 1.93. The van der Waals surface area contributed by atoms with Crippen LogP contribution in [0.4, 0.5) is 4.79 Å². The van der Waals surface area contributed by atoms with E-state index in [2.05, 4.69) is 17.2 Å². The lowest BCUT2D eigenvalue weighted by atomic mass is 10.5. The summed E-state index contributed by atoms with van der Waals surface area (Å²) in [6.45, 7) is 6.73. The van der Waals surface area contributed by atoms with Gasteiger partial charge in [0, 0.05) is 13.1 Å². The van der Waals surface area contributed by atoms with Crippen molar-refractivity contribution >= 4 is 6.03 Å². The monoisotopic (exact) mass is 142 g/mol. The zero-order valence-electron chi connectivity index (χ0n) is 6.31. The number of nitrogens with one attached hydrogen (secondary N) is 2. The molecule has 0 spiro atoms. The molecule has 2 amide bonds. The normalized spacial score (nSPS) is 8.50. The van der Waals surface area contributed by atoms with Crippen LogP contribution in [0.25, 0.3) is 0 Å². The Morgan fingerprint density at radius 3 is 2.80 bits per heavy atom. The molecule has 0 aromatic rings. The van der Waals surface area contributed by atoms with Crippen molar-refractivity contribution in [2.24, 2.45) is 0 Å². The fourth-order valence-electron chi connectivity index (χ4n) is 0.466. The summed E-state index contributed by atoms with van der Waals surface area (Å²) >= 11 is 0. The van der Waals surface area contributed by atoms with Crippen LogP contribution in [0.1, 0.15) is 13.3 Å². The van der Waals surface area contributed by atoms with Crippen molar-refractivity contribution in [3.05, 3.63) is 12.7 Å². The van der Waals surface area contributed by atoms with E-state index in [-0.39, 0.29) is 6.03 Å². The molecule has 0 saturated heterocycles. The third-order valence-electron chi connectivity index (χ3n) is 0.943. The average Bonchev–Trinajstić information content (AvgIpc) is 1.97. The third kappa shape index (κ3) is 5.15. The fraction of sp³-hybridized carbons (Fsp3) is 0.571. The first-order valence-corrected chi connectivity index (χ1v) is 3.43. The molecule has 0 saturated carbocycles. The Morgan fingerprint density at radius 1 is 1.60 bits per heavy atom. The molecule has 0 aliphatic carbocycles. The summed E-state index contributed by atoms with van der Waals surface area (Å²) in [6, 6.07) is -0.123. The molecule has 58 valence electrons. The van der Waals surface area contributed by atoms with Gasteiger partial charge in [0.05, 0.1) is 0 Å². The van der Waals surface area contributed by atoms with E-state index in [1.807, 2.05) is 6.92 Å². The molecule has 0 radical (unpaired) electrons. The molecule has 10 heavy (non-hydrogen) atoms. The van der Waals surface area contributed by atoms with Crippen molar-refractivity contribution in [1.82, 2.24) is 10.6 Å². The Morgan fingerprint density at radius 2 is 2.30 bits per heavy atom. The average molecular weight is 142 g/mol. The Bertz CT molecular complexity index is 112. The van der Waals surface area contributed by atoms with Gasteiger partial charge >= 0.3 is 6.03 Å². The predicted octanol–water partition coefficient (Wildman–Crippen LogP) is 0.882. The molecule has 3 heteroatoms. The number of amides is 2. The molecule has 0 bridgehead atoms. The second-order valence-electron chi connectivity index (χ2n) is 1.93. The minimum Gasteiger partial charge on any atom is -0.338 e. The maximum Gasteiger partial charge on any atom is 0.315 e. The molecule has 0 aromatic heterocycles. The van der Waals surface area contributed by atoms with Gasteiger partial charge in [-0.15, -0.1) is 6.58 Å².